The summed E-state index contributed by atoms with van der Waals surface area (Å²) >= 11 is 11.5. The highest BCUT2D eigenvalue weighted by Gasteiger charge is 2.26. The van der Waals surface area contributed by atoms with Gasteiger partial charge in [-0.1, -0.05) is 43.0 Å². The first-order valence-electron chi connectivity index (χ1n) is 7.71. The summed E-state index contributed by atoms with van der Waals surface area (Å²) in [5, 5.41) is 3.24. The number of halogens is 2. The van der Waals surface area contributed by atoms with Gasteiger partial charge in [-0.3, -0.25) is 4.79 Å². The van der Waals surface area contributed by atoms with Crippen molar-refractivity contribution >= 4 is 35.1 Å². The number of nitrogens with one attached hydrogen (secondary N) is 1. The minimum Gasteiger partial charge on any atom is -0.449 e. The standard InChI is InChI=1S/C16H20Cl2N2O3/c1-9-5-3-4-6-13(9)20-15(21)10(2)23-16(22)11-7-12(17)14(18)19-8-11/h7-10,13H,3-6H2,1-2H3,(H,20,21)/t9-,10+,13+/m1/s1. The van der Waals surface area contributed by atoms with E-state index in [-0.39, 0.29) is 27.7 Å². The Morgan fingerprint density at radius 1 is 1.35 bits per heavy atom. The Morgan fingerprint density at radius 3 is 2.70 bits per heavy atom. The minimum atomic E-state index is -0.883. The summed E-state index contributed by atoms with van der Waals surface area (Å²) in [6.07, 6.45) is 4.76. The number of ether oxygens (including phenoxy) is 1. The molecule has 7 heteroatoms. The summed E-state index contributed by atoms with van der Waals surface area (Å²) in [5.74, 6) is -0.504. The van der Waals surface area contributed by atoms with Gasteiger partial charge in [0.05, 0.1) is 10.6 Å². The maximum atomic E-state index is 12.2. The number of nitrogens with zero attached hydrogens (tertiary/aromatic N) is 1. The first-order valence-corrected chi connectivity index (χ1v) is 8.46. The second-order valence-electron chi connectivity index (χ2n) is 5.92. The van der Waals surface area contributed by atoms with E-state index in [2.05, 4.69) is 17.2 Å². The summed E-state index contributed by atoms with van der Waals surface area (Å²) in [6.45, 7) is 3.67. The molecule has 23 heavy (non-hydrogen) atoms. The van der Waals surface area contributed by atoms with Crippen molar-refractivity contribution < 1.29 is 14.3 Å². The highest BCUT2D eigenvalue weighted by molar-refractivity contribution is 6.41. The van der Waals surface area contributed by atoms with E-state index >= 15 is 0 Å². The lowest BCUT2D eigenvalue weighted by atomic mass is 9.86. The van der Waals surface area contributed by atoms with Crippen molar-refractivity contribution in [3.63, 3.8) is 0 Å². The van der Waals surface area contributed by atoms with Crippen molar-refractivity contribution in [3.8, 4) is 0 Å². The van der Waals surface area contributed by atoms with Gasteiger partial charge in [-0.15, -0.1) is 0 Å². The van der Waals surface area contributed by atoms with E-state index in [0.717, 1.165) is 19.3 Å². The largest absolute Gasteiger partial charge is 0.449 e. The number of esters is 1. The van der Waals surface area contributed by atoms with Crippen LogP contribution in [0.25, 0.3) is 0 Å². The van der Waals surface area contributed by atoms with E-state index in [1.807, 2.05) is 0 Å². The first kappa shape index (κ1) is 18.0. The summed E-state index contributed by atoms with van der Waals surface area (Å²) in [7, 11) is 0. The van der Waals surface area contributed by atoms with Crippen LogP contribution in [0.4, 0.5) is 0 Å². The quantitative estimate of drug-likeness (QED) is 0.659. The lowest BCUT2D eigenvalue weighted by Crippen LogP contribution is -2.46. The van der Waals surface area contributed by atoms with Gasteiger partial charge in [0.2, 0.25) is 0 Å². The van der Waals surface area contributed by atoms with Crippen molar-refractivity contribution in [3.05, 3.63) is 28.0 Å². The summed E-state index contributed by atoms with van der Waals surface area (Å²) < 4.78 is 5.18. The molecule has 1 aliphatic rings. The monoisotopic (exact) mass is 358 g/mol. The number of pyridine rings is 1. The van der Waals surface area contributed by atoms with E-state index < -0.39 is 12.1 Å². The van der Waals surface area contributed by atoms with Crippen LogP contribution >= 0.6 is 23.2 Å². The van der Waals surface area contributed by atoms with Crippen LogP contribution in [0.1, 0.15) is 49.9 Å². The molecule has 1 aliphatic carbocycles. The average Bonchev–Trinajstić information content (AvgIpc) is 2.52. The van der Waals surface area contributed by atoms with E-state index in [1.54, 1.807) is 6.92 Å². The minimum absolute atomic E-state index is 0.111. The van der Waals surface area contributed by atoms with E-state index in [0.29, 0.717) is 5.92 Å². The lowest BCUT2D eigenvalue weighted by molar-refractivity contribution is -0.130. The smallest absolute Gasteiger partial charge is 0.340 e. The van der Waals surface area contributed by atoms with Gasteiger partial charge in [-0.25, -0.2) is 9.78 Å². The lowest BCUT2D eigenvalue weighted by Gasteiger charge is -2.30. The van der Waals surface area contributed by atoms with Crippen molar-refractivity contribution in [1.82, 2.24) is 10.3 Å². The Kier molecular flexibility index (Phi) is 6.25. The van der Waals surface area contributed by atoms with Crippen molar-refractivity contribution in [1.29, 1.82) is 0 Å². The molecular weight excluding hydrogens is 339 g/mol. The highest BCUT2D eigenvalue weighted by Crippen LogP contribution is 2.24. The number of hydrogen-bond donors (Lipinski definition) is 1. The fraction of sp³-hybridized carbons (Fsp3) is 0.562. The number of carbonyl (C=O) groups excluding carboxylic acids is 2. The molecule has 0 spiro atoms. The topological polar surface area (TPSA) is 68.3 Å². The predicted octanol–water partition coefficient (Wildman–Crippen LogP) is 3.63. The summed E-state index contributed by atoms with van der Waals surface area (Å²) in [5.41, 5.74) is 0.157. The maximum absolute atomic E-state index is 12.2. The third-order valence-electron chi connectivity index (χ3n) is 4.12. The van der Waals surface area contributed by atoms with Gasteiger partial charge < -0.3 is 10.1 Å². The van der Waals surface area contributed by atoms with E-state index in [4.69, 9.17) is 27.9 Å². The van der Waals surface area contributed by atoms with Gasteiger partial charge in [0, 0.05) is 12.2 Å². The van der Waals surface area contributed by atoms with Crippen molar-refractivity contribution in [2.24, 2.45) is 5.92 Å². The molecule has 1 aromatic rings. The van der Waals surface area contributed by atoms with Crippen LogP contribution in [0, 0.1) is 5.92 Å². The maximum Gasteiger partial charge on any atom is 0.340 e. The fourth-order valence-electron chi connectivity index (χ4n) is 2.65. The number of amides is 1. The van der Waals surface area contributed by atoms with E-state index in [9.17, 15) is 9.59 Å². The number of carbonyl (C=O) groups is 2. The summed E-state index contributed by atoms with van der Waals surface area (Å²) in [6, 6.07) is 1.51. The Hall–Kier alpha value is -1.33. The predicted molar refractivity (Wildman–Crippen MR) is 88.7 cm³/mol. The Balaban J connectivity index is 1.92. The molecule has 0 unspecified atom stereocenters. The zero-order chi connectivity index (χ0) is 17.0. The molecule has 1 saturated carbocycles. The zero-order valence-electron chi connectivity index (χ0n) is 13.1. The number of hydrogen-bond acceptors (Lipinski definition) is 4. The SMILES string of the molecule is C[C@H](OC(=O)c1cnc(Cl)c(Cl)c1)C(=O)N[C@H]1CCCC[C@H]1C. The van der Waals surface area contributed by atoms with Gasteiger partial charge >= 0.3 is 5.97 Å². The second kappa shape index (κ2) is 7.97. The number of aromatic nitrogens is 1. The van der Waals surface area contributed by atoms with Crippen LogP contribution in [-0.2, 0) is 9.53 Å². The molecule has 126 valence electrons. The van der Waals surface area contributed by atoms with Gasteiger partial charge in [-0.05, 0) is 31.7 Å². The summed E-state index contributed by atoms with van der Waals surface area (Å²) in [4.78, 5) is 28.0. The van der Waals surface area contributed by atoms with Gasteiger partial charge in [-0.2, -0.15) is 0 Å². The van der Waals surface area contributed by atoms with Crippen molar-refractivity contribution in [2.75, 3.05) is 0 Å². The van der Waals surface area contributed by atoms with Gasteiger partial charge in [0.25, 0.3) is 5.91 Å². The van der Waals surface area contributed by atoms with Crippen LogP contribution < -0.4 is 5.32 Å². The highest BCUT2D eigenvalue weighted by atomic mass is 35.5. The zero-order valence-corrected chi connectivity index (χ0v) is 14.7. The molecular formula is C16H20Cl2N2O3. The molecule has 0 aliphatic heterocycles. The van der Waals surface area contributed by atoms with Crippen molar-refractivity contribution in [2.45, 2.75) is 51.7 Å². The van der Waals surface area contributed by atoms with Crippen LogP contribution in [0.3, 0.4) is 0 Å². The van der Waals surface area contributed by atoms with Gasteiger partial charge in [0.15, 0.2) is 6.10 Å². The number of rotatable bonds is 4. The molecule has 1 amide bonds. The molecule has 0 aromatic carbocycles. The van der Waals surface area contributed by atoms with Crippen LogP contribution in [0.5, 0.6) is 0 Å². The van der Waals surface area contributed by atoms with Crippen LogP contribution in [0.15, 0.2) is 12.3 Å². The first-order chi connectivity index (χ1) is 10.9. The molecule has 1 fully saturated rings. The second-order valence-corrected chi connectivity index (χ2v) is 6.69. The van der Waals surface area contributed by atoms with Crippen LogP contribution in [-0.4, -0.2) is 29.0 Å². The van der Waals surface area contributed by atoms with E-state index in [1.165, 1.54) is 18.7 Å². The normalized spacial score (nSPS) is 22.3. The molecule has 1 aromatic heterocycles. The third kappa shape index (κ3) is 4.82. The Morgan fingerprint density at radius 2 is 2.04 bits per heavy atom. The molecule has 2 rings (SSSR count). The molecule has 0 radical (unpaired) electrons. The molecule has 1 heterocycles. The molecule has 5 nitrogen and oxygen atoms in total. The van der Waals surface area contributed by atoms with Crippen LogP contribution in [0.2, 0.25) is 10.2 Å². The Bertz CT molecular complexity index is 595. The molecule has 0 bridgehead atoms. The molecule has 3 atom stereocenters. The van der Waals surface area contributed by atoms with Gasteiger partial charge in [0.1, 0.15) is 5.15 Å². The average molecular weight is 359 g/mol. The fourth-order valence-corrected chi connectivity index (χ4v) is 2.92. The molecule has 0 saturated heterocycles. The Labute approximate surface area is 145 Å². The third-order valence-corrected chi connectivity index (χ3v) is 4.81. The molecule has 1 N–H and O–H groups in total.